The Morgan fingerprint density at radius 3 is 2.81 bits per heavy atom. The number of aryl methyl sites for hydroxylation is 3. The van der Waals surface area contributed by atoms with Crippen molar-refractivity contribution in [3.8, 4) is 0 Å². The topological polar surface area (TPSA) is 82.5 Å². The van der Waals surface area contributed by atoms with E-state index in [1.54, 1.807) is 6.07 Å². The normalized spacial score (nSPS) is 11.4. The minimum absolute atomic E-state index is 0.0967. The van der Waals surface area contributed by atoms with E-state index in [2.05, 4.69) is 10.3 Å². The van der Waals surface area contributed by atoms with Gasteiger partial charge in [-0.1, -0.05) is 17.3 Å². The maximum atomic E-state index is 12.1. The maximum Gasteiger partial charge on any atom is 0.306 e. The van der Waals surface area contributed by atoms with E-state index in [9.17, 15) is 4.79 Å². The van der Waals surface area contributed by atoms with Gasteiger partial charge in [-0.05, 0) is 44.9 Å². The van der Waals surface area contributed by atoms with Crippen LogP contribution in [0.1, 0.15) is 34.8 Å². The van der Waals surface area contributed by atoms with E-state index in [0.29, 0.717) is 12.2 Å². The van der Waals surface area contributed by atoms with Crippen molar-refractivity contribution in [3.05, 3.63) is 58.7 Å². The lowest BCUT2D eigenvalue weighted by Gasteiger charge is -2.10. The molecular formula is C20H20N4O3. The van der Waals surface area contributed by atoms with Crippen LogP contribution in [-0.2, 0) is 22.6 Å². The van der Waals surface area contributed by atoms with Crippen LogP contribution in [0.2, 0.25) is 0 Å². The summed E-state index contributed by atoms with van der Waals surface area (Å²) in [5.74, 6) is 0.258. The molecule has 4 rings (SSSR count). The van der Waals surface area contributed by atoms with Crippen LogP contribution in [0.5, 0.6) is 0 Å². The summed E-state index contributed by atoms with van der Waals surface area (Å²) in [4.78, 5) is 16.8. The summed E-state index contributed by atoms with van der Waals surface area (Å²) in [5, 5.41) is 9.44. The van der Waals surface area contributed by atoms with Gasteiger partial charge < -0.3 is 9.26 Å². The monoisotopic (exact) mass is 364 g/mol. The van der Waals surface area contributed by atoms with Gasteiger partial charge >= 0.3 is 5.97 Å². The Hall–Kier alpha value is -3.22. The fourth-order valence-corrected chi connectivity index (χ4v) is 3.27. The number of carbonyl (C=O) groups is 1. The number of carbonyl (C=O) groups excluding carboxylic acids is 1. The molecule has 27 heavy (non-hydrogen) atoms. The molecule has 0 saturated heterocycles. The Kier molecular flexibility index (Phi) is 4.35. The van der Waals surface area contributed by atoms with Crippen LogP contribution >= 0.6 is 0 Å². The molecule has 1 aromatic carbocycles. The van der Waals surface area contributed by atoms with Gasteiger partial charge in [-0.25, -0.2) is 9.50 Å². The first-order valence-corrected chi connectivity index (χ1v) is 8.84. The predicted molar refractivity (Wildman–Crippen MR) is 99.3 cm³/mol. The highest BCUT2D eigenvalue weighted by Crippen LogP contribution is 2.23. The van der Waals surface area contributed by atoms with Gasteiger partial charge in [0.1, 0.15) is 0 Å². The molecule has 4 aromatic rings. The average molecular weight is 364 g/mol. The lowest BCUT2D eigenvalue weighted by molar-refractivity contribution is -0.145. The molecule has 0 radical (unpaired) electrons. The van der Waals surface area contributed by atoms with Gasteiger partial charge in [0.25, 0.3) is 0 Å². The van der Waals surface area contributed by atoms with Crippen molar-refractivity contribution in [2.75, 3.05) is 0 Å². The van der Waals surface area contributed by atoms with Crippen molar-refractivity contribution in [2.45, 2.75) is 40.2 Å². The van der Waals surface area contributed by atoms with Crippen molar-refractivity contribution in [1.29, 1.82) is 0 Å². The molecule has 0 aliphatic heterocycles. The van der Waals surface area contributed by atoms with Crippen LogP contribution in [0.3, 0.4) is 0 Å². The lowest BCUT2D eigenvalue weighted by atomic mass is 10.1. The van der Waals surface area contributed by atoms with Crippen molar-refractivity contribution in [1.82, 2.24) is 19.8 Å². The van der Waals surface area contributed by atoms with Crippen LogP contribution in [0, 0.1) is 20.8 Å². The zero-order valence-corrected chi connectivity index (χ0v) is 15.5. The zero-order chi connectivity index (χ0) is 19.0. The Balaban J connectivity index is 1.51. The van der Waals surface area contributed by atoms with Crippen LogP contribution in [-0.4, -0.2) is 25.7 Å². The van der Waals surface area contributed by atoms with Gasteiger partial charge in [0.2, 0.25) is 0 Å². The second kappa shape index (κ2) is 6.83. The molecule has 3 heterocycles. The zero-order valence-electron chi connectivity index (χ0n) is 15.5. The van der Waals surface area contributed by atoms with E-state index >= 15 is 0 Å². The Morgan fingerprint density at radius 1 is 1.22 bits per heavy atom. The van der Waals surface area contributed by atoms with E-state index in [1.807, 2.05) is 49.6 Å². The molecule has 0 atom stereocenters. The molecule has 0 unspecified atom stereocenters. The highest BCUT2D eigenvalue weighted by molar-refractivity contribution is 5.92. The molecule has 0 N–H and O–H groups in total. The van der Waals surface area contributed by atoms with Crippen molar-refractivity contribution in [3.63, 3.8) is 0 Å². The molecule has 7 heteroatoms. The van der Waals surface area contributed by atoms with Gasteiger partial charge in [-0.15, -0.1) is 0 Å². The third kappa shape index (κ3) is 3.28. The number of ether oxygens (including phenoxy) is 1. The number of rotatable bonds is 5. The lowest BCUT2D eigenvalue weighted by Crippen LogP contribution is -2.10. The molecule has 0 bridgehead atoms. The first-order chi connectivity index (χ1) is 13.0. The fraction of sp³-hybridized carbons (Fsp3) is 0.300. The first kappa shape index (κ1) is 17.2. The third-order valence-electron chi connectivity index (χ3n) is 4.65. The van der Waals surface area contributed by atoms with Gasteiger partial charge in [0.15, 0.2) is 18.0 Å². The maximum absolute atomic E-state index is 12.1. The van der Waals surface area contributed by atoms with E-state index in [-0.39, 0.29) is 19.0 Å². The quantitative estimate of drug-likeness (QED) is 0.504. The van der Waals surface area contributed by atoms with E-state index < -0.39 is 0 Å². The molecule has 3 aromatic heterocycles. The second-order valence-electron chi connectivity index (χ2n) is 6.61. The smallest absolute Gasteiger partial charge is 0.306 e. The molecule has 0 amide bonds. The Morgan fingerprint density at radius 2 is 2.04 bits per heavy atom. The fourth-order valence-electron chi connectivity index (χ4n) is 3.27. The van der Waals surface area contributed by atoms with E-state index in [0.717, 1.165) is 39.2 Å². The van der Waals surface area contributed by atoms with Crippen LogP contribution < -0.4 is 0 Å². The van der Waals surface area contributed by atoms with Crippen LogP contribution in [0.15, 0.2) is 34.9 Å². The second-order valence-corrected chi connectivity index (χ2v) is 6.61. The molecular weight excluding hydrogens is 344 g/mol. The molecule has 0 saturated carbocycles. The summed E-state index contributed by atoms with van der Waals surface area (Å²) < 4.78 is 12.2. The van der Waals surface area contributed by atoms with Gasteiger partial charge in [-0.2, -0.15) is 5.10 Å². The van der Waals surface area contributed by atoms with Crippen molar-refractivity contribution < 1.29 is 14.1 Å². The summed E-state index contributed by atoms with van der Waals surface area (Å²) in [5.41, 5.74) is 5.43. The van der Waals surface area contributed by atoms with Crippen LogP contribution in [0.25, 0.3) is 16.6 Å². The van der Waals surface area contributed by atoms with Crippen molar-refractivity contribution in [2.24, 2.45) is 0 Å². The number of hydrogen-bond acceptors (Lipinski definition) is 6. The van der Waals surface area contributed by atoms with Gasteiger partial charge in [0, 0.05) is 29.3 Å². The Bertz CT molecular complexity index is 1140. The summed E-state index contributed by atoms with van der Waals surface area (Å²) in [6, 6.07) is 9.69. The summed E-state index contributed by atoms with van der Waals surface area (Å²) in [7, 11) is 0. The molecule has 0 fully saturated rings. The SMILES string of the molecule is Cc1cc(COC(=O)CCc2c(C)nc3c4ccccc4nn3c2C)on1. The first-order valence-electron chi connectivity index (χ1n) is 8.84. The van der Waals surface area contributed by atoms with E-state index in [4.69, 9.17) is 14.2 Å². The largest absolute Gasteiger partial charge is 0.457 e. The standard InChI is InChI=1S/C20H20N4O3/c1-12-10-15(27-23-12)11-26-19(25)9-8-16-13(2)21-20-17-6-4-5-7-18(17)22-24(20)14(16)3/h4-7,10H,8-9,11H2,1-3H3. The predicted octanol–water partition coefficient (Wildman–Crippen LogP) is 3.47. The Labute approximate surface area is 155 Å². The molecule has 7 nitrogen and oxygen atoms in total. The highest BCUT2D eigenvalue weighted by atomic mass is 16.5. The van der Waals surface area contributed by atoms with Crippen LogP contribution in [0.4, 0.5) is 0 Å². The number of nitrogens with zero attached hydrogens (tertiary/aromatic N) is 4. The summed E-state index contributed by atoms with van der Waals surface area (Å²) in [6.45, 7) is 5.89. The number of hydrogen-bond donors (Lipinski definition) is 0. The van der Waals surface area contributed by atoms with Gasteiger partial charge in [-0.3, -0.25) is 4.79 Å². The summed E-state index contributed by atoms with van der Waals surface area (Å²) >= 11 is 0. The highest BCUT2D eigenvalue weighted by Gasteiger charge is 2.15. The molecule has 0 spiro atoms. The number of fused-ring (bicyclic) bond motifs is 3. The number of esters is 1. The number of aromatic nitrogens is 4. The molecule has 0 aliphatic carbocycles. The van der Waals surface area contributed by atoms with Gasteiger partial charge in [0.05, 0.1) is 11.2 Å². The minimum Gasteiger partial charge on any atom is -0.457 e. The minimum atomic E-state index is -0.284. The third-order valence-corrected chi connectivity index (χ3v) is 4.65. The average Bonchev–Trinajstić information content (AvgIpc) is 3.23. The molecule has 138 valence electrons. The van der Waals surface area contributed by atoms with Crippen molar-refractivity contribution >= 4 is 22.5 Å². The van der Waals surface area contributed by atoms with E-state index in [1.165, 1.54) is 0 Å². The summed E-state index contributed by atoms with van der Waals surface area (Å²) in [6.07, 6.45) is 0.813. The molecule has 0 aliphatic rings. The number of benzene rings is 1.